The Morgan fingerprint density at radius 1 is 1.39 bits per heavy atom. The molecule has 1 unspecified atom stereocenters. The fourth-order valence-corrected chi connectivity index (χ4v) is 2.04. The van der Waals surface area contributed by atoms with E-state index >= 15 is 0 Å². The normalized spacial score (nSPS) is 15.3. The van der Waals surface area contributed by atoms with E-state index in [1.807, 2.05) is 19.1 Å². The van der Waals surface area contributed by atoms with E-state index in [-0.39, 0.29) is 5.54 Å². The first-order chi connectivity index (χ1) is 8.37. The number of nitrogens with zero attached hydrogens (tertiary/aromatic N) is 1. The second-order valence-electron chi connectivity index (χ2n) is 6.00. The molecular weight excluding hydrogens is 224 g/mol. The zero-order valence-corrected chi connectivity index (χ0v) is 12.5. The van der Waals surface area contributed by atoms with Gasteiger partial charge in [-0.3, -0.25) is 4.90 Å². The van der Waals surface area contributed by atoms with E-state index in [0.717, 1.165) is 30.4 Å². The molecule has 1 aromatic heterocycles. The lowest BCUT2D eigenvalue weighted by Gasteiger charge is -2.38. The molecule has 1 atom stereocenters. The molecule has 18 heavy (non-hydrogen) atoms. The average molecular weight is 252 g/mol. The summed E-state index contributed by atoms with van der Waals surface area (Å²) < 4.78 is 5.64. The highest BCUT2D eigenvalue weighted by molar-refractivity contribution is 5.06. The van der Waals surface area contributed by atoms with Crippen molar-refractivity contribution in [3.8, 4) is 0 Å². The largest absolute Gasteiger partial charge is 0.465 e. The van der Waals surface area contributed by atoms with Crippen molar-refractivity contribution in [2.75, 3.05) is 13.6 Å². The van der Waals surface area contributed by atoms with Crippen LogP contribution >= 0.6 is 0 Å². The van der Waals surface area contributed by atoms with Gasteiger partial charge >= 0.3 is 0 Å². The van der Waals surface area contributed by atoms with Gasteiger partial charge in [0.15, 0.2) is 0 Å². The first-order valence-electron chi connectivity index (χ1n) is 6.84. The Balaban J connectivity index is 2.62. The lowest BCUT2D eigenvalue weighted by atomic mass is 9.90. The van der Waals surface area contributed by atoms with E-state index in [9.17, 15) is 0 Å². The van der Waals surface area contributed by atoms with Crippen LogP contribution in [0.25, 0.3) is 0 Å². The van der Waals surface area contributed by atoms with Gasteiger partial charge in [-0.25, -0.2) is 0 Å². The molecule has 0 fully saturated rings. The molecule has 0 bridgehead atoms. The van der Waals surface area contributed by atoms with Crippen LogP contribution in [0.15, 0.2) is 16.5 Å². The minimum Gasteiger partial charge on any atom is -0.465 e. The monoisotopic (exact) mass is 252 g/mol. The van der Waals surface area contributed by atoms with Crippen molar-refractivity contribution in [1.82, 2.24) is 4.90 Å². The number of nitrogens with two attached hydrogens (primary N) is 1. The fraction of sp³-hybridized carbons (Fsp3) is 0.733. The number of hydrogen-bond acceptors (Lipinski definition) is 3. The van der Waals surface area contributed by atoms with Gasteiger partial charge < -0.3 is 10.2 Å². The Kier molecular flexibility index (Phi) is 5.42. The summed E-state index contributed by atoms with van der Waals surface area (Å²) in [6, 6.07) is 4.06. The fourth-order valence-electron chi connectivity index (χ4n) is 2.04. The van der Waals surface area contributed by atoms with Crippen LogP contribution in [0.1, 0.15) is 45.1 Å². The van der Waals surface area contributed by atoms with Gasteiger partial charge in [-0.2, -0.15) is 0 Å². The molecule has 0 saturated heterocycles. The molecule has 1 heterocycles. The third kappa shape index (κ3) is 4.14. The van der Waals surface area contributed by atoms with Gasteiger partial charge in [-0.05, 0) is 51.8 Å². The number of furan rings is 1. The first-order valence-corrected chi connectivity index (χ1v) is 6.84. The minimum absolute atomic E-state index is 0.0466. The number of hydrogen-bond donors (Lipinski definition) is 1. The van der Waals surface area contributed by atoms with Crippen molar-refractivity contribution in [1.29, 1.82) is 0 Å². The smallest absolute Gasteiger partial charge is 0.118 e. The van der Waals surface area contributed by atoms with E-state index in [4.69, 9.17) is 10.2 Å². The van der Waals surface area contributed by atoms with Gasteiger partial charge in [-0.15, -0.1) is 0 Å². The lowest BCUT2D eigenvalue weighted by molar-refractivity contribution is 0.110. The second kappa shape index (κ2) is 6.39. The predicted octanol–water partition coefficient (Wildman–Crippen LogP) is 3.17. The SMILES string of the molecule is Cc1ccc(CN(C)C(C)(CN)CCC(C)C)o1. The maximum atomic E-state index is 5.98. The van der Waals surface area contributed by atoms with E-state index < -0.39 is 0 Å². The maximum absolute atomic E-state index is 5.98. The molecule has 0 aliphatic rings. The van der Waals surface area contributed by atoms with Gasteiger partial charge in [0.2, 0.25) is 0 Å². The summed E-state index contributed by atoms with van der Waals surface area (Å²) in [5.41, 5.74) is 6.03. The number of likely N-dealkylation sites (N-methyl/N-ethyl adjacent to an activating group) is 1. The van der Waals surface area contributed by atoms with Crippen LogP contribution in [0.5, 0.6) is 0 Å². The van der Waals surface area contributed by atoms with E-state index in [1.54, 1.807) is 0 Å². The van der Waals surface area contributed by atoms with Gasteiger partial charge in [0.1, 0.15) is 11.5 Å². The molecule has 0 aliphatic heterocycles. The zero-order valence-electron chi connectivity index (χ0n) is 12.5. The Bertz CT molecular complexity index is 359. The summed E-state index contributed by atoms with van der Waals surface area (Å²) in [4.78, 5) is 2.31. The molecular formula is C15H28N2O. The van der Waals surface area contributed by atoms with E-state index in [0.29, 0.717) is 6.54 Å². The Labute approximate surface area is 111 Å². The maximum Gasteiger partial charge on any atom is 0.118 e. The van der Waals surface area contributed by atoms with Gasteiger partial charge in [0, 0.05) is 12.1 Å². The molecule has 3 nitrogen and oxygen atoms in total. The zero-order chi connectivity index (χ0) is 13.8. The van der Waals surface area contributed by atoms with Crippen molar-refractivity contribution in [2.24, 2.45) is 11.7 Å². The van der Waals surface area contributed by atoms with Crippen LogP contribution in [-0.4, -0.2) is 24.0 Å². The third-order valence-corrected chi connectivity index (χ3v) is 3.81. The Morgan fingerprint density at radius 3 is 2.50 bits per heavy atom. The molecule has 104 valence electrons. The van der Waals surface area contributed by atoms with Crippen LogP contribution in [0.2, 0.25) is 0 Å². The molecule has 0 aliphatic carbocycles. The van der Waals surface area contributed by atoms with E-state index in [1.165, 1.54) is 6.42 Å². The summed E-state index contributed by atoms with van der Waals surface area (Å²) in [5.74, 6) is 2.70. The predicted molar refractivity (Wildman–Crippen MR) is 76.4 cm³/mol. The highest BCUT2D eigenvalue weighted by Gasteiger charge is 2.28. The first kappa shape index (κ1) is 15.3. The standard InChI is InChI=1S/C15H28N2O/c1-12(2)8-9-15(4,11-16)17(5)10-14-7-6-13(3)18-14/h6-7,12H,8-11,16H2,1-5H3. The molecule has 1 aromatic rings. The molecule has 1 rings (SSSR count). The van der Waals surface area contributed by atoms with Gasteiger partial charge in [0.25, 0.3) is 0 Å². The topological polar surface area (TPSA) is 42.4 Å². The molecule has 0 saturated carbocycles. The lowest BCUT2D eigenvalue weighted by Crippen LogP contribution is -2.49. The van der Waals surface area contributed by atoms with Gasteiger partial charge in [-0.1, -0.05) is 13.8 Å². The summed E-state index contributed by atoms with van der Waals surface area (Å²) >= 11 is 0. The van der Waals surface area contributed by atoms with Gasteiger partial charge in [0.05, 0.1) is 6.54 Å². The average Bonchev–Trinajstić information content (AvgIpc) is 2.71. The van der Waals surface area contributed by atoms with Crippen molar-refractivity contribution in [3.63, 3.8) is 0 Å². The summed E-state index contributed by atoms with van der Waals surface area (Å²) in [6.07, 6.45) is 2.33. The highest BCUT2D eigenvalue weighted by atomic mass is 16.3. The van der Waals surface area contributed by atoms with Crippen LogP contribution in [0.4, 0.5) is 0 Å². The number of aryl methyl sites for hydroxylation is 1. The molecule has 0 aromatic carbocycles. The van der Waals surface area contributed by atoms with Crippen molar-refractivity contribution in [3.05, 3.63) is 23.7 Å². The van der Waals surface area contributed by atoms with Crippen molar-refractivity contribution >= 4 is 0 Å². The molecule has 0 radical (unpaired) electrons. The van der Waals surface area contributed by atoms with Crippen molar-refractivity contribution in [2.45, 2.75) is 52.6 Å². The Morgan fingerprint density at radius 2 is 2.06 bits per heavy atom. The Hall–Kier alpha value is -0.800. The highest BCUT2D eigenvalue weighted by Crippen LogP contribution is 2.23. The van der Waals surface area contributed by atoms with Crippen molar-refractivity contribution < 1.29 is 4.42 Å². The third-order valence-electron chi connectivity index (χ3n) is 3.81. The van der Waals surface area contributed by atoms with E-state index in [2.05, 4.69) is 32.7 Å². The van der Waals surface area contributed by atoms with Crippen LogP contribution in [0.3, 0.4) is 0 Å². The summed E-state index contributed by atoms with van der Waals surface area (Å²) in [7, 11) is 2.13. The quantitative estimate of drug-likeness (QED) is 0.810. The molecule has 0 spiro atoms. The molecule has 3 heteroatoms. The molecule has 0 amide bonds. The summed E-state index contributed by atoms with van der Waals surface area (Å²) in [5, 5.41) is 0. The van der Waals surface area contributed by atoms with Crippen LogP contribution in [-0.2, 0) is 6.54 Å². The second-order valence-corrected chi connectivity index (χ2v) is 6.00. The van der Waals surface area contributed by atoms with Crippen LogP contribution < -0.4 is 5.73 Å². The minimum atomic E-state index is 0.0466. The summed E-state index contributed by atoms with van der Waals surface area (Å²) in [6.45, 7) is 10.2. The number of rotatable bonds is 7. The molecule has 2 N–H and O–H groups in total. The van der Waals surface area contributed by atoms with Crippen LogP contribution in [0, 0.1) is 12.8 Å².